The molecule has 3 N–H and O–H groups in total. The average molecular weight is 379 g/mol. The fourth-order valence-corrected chi connectivity index (χ4v) is 2.59. The van der Waals surface area contributed by atoms with Gasteiger partial charge < -0.3 is 29.7 Å². The number of carbonyl (C=O) groups excluding carboxylic acids is 1. The Hall–Kier alpha value is -1.68. The second-order valence-electron chi connectivity index (χ2n) is 7.71. The SMILES string of the molecule is CCOC(=O)N1CCN[C@H](c2ccc(B(O)OC(C)(C)C(C)(C)O)cn2)C1. The van der Waals surface area contributed by atoms with Crippen LogP contribution in [0, 0.1) is 0 Å². The molecule has 1 atom stereocenters. The minimum Gasteiger partial charge on any atom is -0.450 e. The second-order valence-corrected chi connectivity index (χ2v) is 7.71. The van der Waals surface area contributed by atoms with Crippen LogP contribution >= 0.6 is 0 Å². The van der Waals surface area contributed by atoms with Crippen molar-refractivity contribution in [3.8, 4) is 0 Å². The number of amides is 1. The topological polar surface area (TPSA) is 104 Å². The molecule has 150 valence electrons. The Labute approximate surface area is 161 Å². The molecule has 2 heterocycles. The van der Waals surface area contributed by atoms with Gasteiger partial charge in [0.25, 0.3) is 0 Å². The van der Waals surface area contributed by atoms with Gasteiger partial charge in [-0.2, -0.15) is 0 Å². The van der Waals surface area contributed by atoms with Crippen LogP contribution in [-0.2, 0) is 9.39 Å². The van der Waals surface area contributed by atoms with E-state index in [0.29, 0.717) is 31.7 Å². The van der Waals surface area contributed by atoms with Crippen molar-refractivity contribution in [2.75, 3.05) is 26.2 Å². The Morgan fingerprint density at radius 3 is 2.67 bits per heavy atom. The standard InChI is InChI=1S/C18H30BN3O5/c1-6-26-16(23)22-10-9-20-15(12-22)14-8-7-13(11-21-14)19(25)27-18(4,5)17(2,3)24/h7-8,11,15,20,24-25H,6,9-10,12H2,1-5H3/t15-/m0/s1. The van der Waals surface area contributed by atoms with Gasteiger partial charge in [0.2, 0.25) is 0 Å². The third-order valence-electron chi connectivity index (χ3n) is 5.03. The number of nitrogens with zero attached hydrogens (tertiary/aromatic N) is 2. The molecule has 1 aromatic rings. The summed E-state index contributed by atoms with van der Waals surface area (Å²) in [7, 11) is -1.21. The summed E-state index contributed by atoms with van der Waals surface area (Å²) in [6.45, 7) is 10.5. The van der Waals surface area contributed by atoms with E-state index in [1.54, 1.807) is 57.8 Å². The first kappa shape index (κ1) is 21.6. The molecular formula is C18H30BN3O5. The molecule has 1 aromatic heterocycles. The lowest BCUT2D eigenvalue weighted by Gasteiger charge is -2.38. The van der Waals surface area contributed by atoms with Gasteiger partial charge in [-0.1, -0.05) is 6.07 Å². The summed E-state index contributed by atoms with van der Waals surface area (Å²) in [5, 5.41) is 23.8. The lowest BCUT2D eigenvalue weighted by Crippen LogP contribution is -2.53. The van der Waals surface area contributed by atoms with Crippen molar-refractivity contribution in [2.24, 2.45) is 0 Å². The van der Waals surface area contributed by atoms with Gasteiger partial charge >= 0.3 is 13.2 Å². The molecule has 0 aliphatic carbocycles. The van der Waals surface area contributed by atoms with Gasteiger partial charge in [0.05, 0.1) is 29.5 Å². The van der Waals surface area contributed by atoms with Crippen LogP contribution in [-0.4, -0.2) is 70.7 Å². The number of carbonyl (C=O) groups is 1. The first-order valence-electron chi connectivity index (χ1n) is 9.24. The summed E-state index contributed by atoms with van der Waals surface area (Å²) in [6.07, 6.45) is 1.23. The van der Waals surface area contributed by atoms with Crippen molar-refractivity contribution in [1.29, 1.82) is 0 Å². The molecule has 0 bridgehead atoms. The summed E-state index contributed by atoms with van der Waals surface area (Å²) in [5.74, 6) is 0. The van der Waals surface area contributed by atoms with Crippen LogP contribution in [0.4, 0.5) is 4.79 Å². The number of hydrogen-bond acceptors (Lipinski definition) is 7. The highest BCUT2D eigenvalue weighted by molar-refractivity contribution is 6.60. The second kappa shape index (κ2) is 8.56. The van der Waals surface area contributed by atoms with E-state index in [9.17, 15) is 14.9 Å². The Balaban J connectivity index is 2.03. The molecule has 2 rings (SSSR count). The van der Waals surface area contributed by atoms with Crippen molar-refractivity contribution in [1.82, 2.24) is 15.2 Å². The van der Waals surface area contributed by atoms with Gasteiger partial charge in [0.15, 0.2) is 0 Å². The molecule has 0 aromatic carbocycles. The zero-order chi connectivity index (χ0) is 20.2. The number of pyridine rings is 1. The fraction of sp³-hybridized carbons (Fsp3) is 0.667. The largest absolute Gasteiger partial charge is 0.493 e. The van der Waals surface area contributed by atoms with E-state index in [-0.39, 0.29) is 12.1 Å². The highest BCUT2D eigenvalue weighted by Gasteiger charge is 2.39. The Kier molecular flexibility index (Phi) is 6.85. The number of aromatic nitrogens is 1. The minimum atomic E-state index is -1.21. The van der Waals surface area contributed by atoms with E-state index in [0.717, 1.165) is 5.69 Å². The molecule has 1 aliphatic heterocycles. The van der Waals surface area contributed by atoms with Crippen molar-refractivity contribution in [3.63, 3.8) is 0 Å². The first-order chi connectivity index (χ1) is 12.5. The van der Waals surface area contributed by atoms with E-state index in [2.05, 4.69) is 10.3 Å². The average Bonchev–Trinajstić information content (AvgIpc) is 2.61. The summed E-state index contributed by atoms with van der Waals surface area (Å²) in [6, 6.07) is 3.42. The Bertz CT molecular complexity index is 633. The number of piperazine rings is 1. The molecule has 0 radical (unpaired) electrons. The lowest BCUT2D eigenvalue weighted by atomic mass is 9.77. The Morgan fingerprint density at radius 2 is 2.11 bits per heavy atom. The van der Waals surface area contributed by atoms with Gasteiger partial charge in [-0.05, 0) is 40.7 Å². The fourth-order valence-electron chi connectivity index (χ4n) is 2.59. The van der Waals surface area contributed by atoms with Crippen LogP contribution in [0.2, 0.25) is 0 Å². The number of ether oxygens (including phenoxy) is 1. The minimum absolute atomic E-state index is 0.108. The quantitative estimate of drug-likeness (QED) is 0.616. The summed E-state index contributed by atoms with van der Waals surface area (Å²) in [4.78, 5) is 18.0. The number of nitrogens with one attached hydrogen (secondary N) is 1. The van der Waals surface area contributed by atoms with Crippen molar-refractivity contribution < 1.29 is 24.3 Å². The molecule has 0 saturated carbocycles. The molecule has 1 amide bonds. The maximum absolute atomic E-state index is 11.9. The number of aliphatic hydroxyl groups is 1. The van der Waals surface area contributed by atoms with Crippen LogP contribution in [0.1, 0.15) is 46.4 Å². The zero-order valence-corrected chi connectivity index (χ0v) is 16.7. The maximum Gasteiger partial charge on any atom is 0.493 e. The summed E-state index contributed by atoms with van der Waals surface area (Å²) >= 11 is 0. The van der Waals surface area contributed by atoms with Crippen LogP contribution < -0.4 is 10.8 Å². The smallest absolute Gasteiger partial charge is 0.450 e. The number of hydrogen-bond donors (Lipinski definition) is 3. The molecule has 0 spiro atoms. The van der Waals surface area contributed by atoms with E-state index in [1.807, 2.05) is 0 Å². The first-order valence-corrected chi connectivity index (χ1v) is 9.24. The molecule has 27 heavy (non-hydrogen) atoms. The lowest BCUT2D eigenvalue weighted by molar-refractivity contribution is -0.0982. The van der Waals surface area contributed by atoms with E-state index < -0.39 is 18.3 Å². The van der Waals surface area contributed by atoms with Crippen LogP contribution in [0.5, 0.6) is 0 Å². The van der Waals surface area contributed by atoms with Crippen LogP contribution in [0.15, 0.2) is 18.3 Å². The molecule has 8 nitrogen and oxygen atoms in total. The van der Waals surface area contributed by atoms with Gasteiger partial charge in [-0.25, -0.2) is 4.79 Å². The van der Waals surface area contributed by atoms with Gasteiger partial charge in [0, 0.05) is 31.3 Å². The molecular weight excluding hydrogens is 349 g/mol. The van der Waals surface area contributed by atoms with Gasteiger partial charge in [0.1, 0.15) is 0 Å². The molecule has 1 saturated heterocycles. The highest BCUT2D eigenvalue weighted by Crippen LogP contribution is 2.25. The Morgan fingerprint density at radius 1 is 1.41 bits per heavy atom. The normalized spacial score (nSPS) is 18.3. The van der Waals surface area contributed by atoms with E-state index >= 15 is 0 Å². The van der Waals surface area contributed by atoms with E-state index in [1.165, 1.54) is 0 Å². The van der Waals surface area contributed by atoms with Crippen LogP contribution in [0.25, 0.3) is 0 Å². The van der Waals surface area contributed by atoms with Crippen molar-refractivity contribution in [2.45, 2.75) is 51.9 Å². The van der Waals surface area contributed by atoms with Gasteiger partial charge in [-0.3, -0.25) is 4.98 Å². The van der Waals surface area contributed by atoms with E-state index in [4.69, 9.17) is 9.39 Å². The maximum atomic E-state index is 11.9. The predicted molar refractivity (Wildman–Crippen MR) is 103 cm³/mol. The highest BCUT2D eigenvalue weighted by atomic mass is 16.6. The molecule has 0 unspecified atom stereocenters. The molecule has 9 heteroatoms. The third kappa shape index (κ3) is 5.41. The van der Waals surface area contributed by atoms with Crippen molar-refractivity contribution in [3.05, 3.63) is 24.0 Å². The predicted octanol–water partition coefficient (Wildman–Crippen LogP) is 0.438. The summed E-state index contributed by atoms with van der Waals surface area (Å²) < 4.78 is 10.7. The molecule has 1 aliphatic rings. The monoisotopic (exact) mass is 379 g/mol. The molecule has 1 fully saturated rings. The van der Waals surface area contributed by atoms with Crippen molar-refractivity contribution >= 4 is 18.7 Å². The third-order valence-corrected chi connectivity index (χ3v) is 5.03. The van der Waals surface area contributed by atoms with Crippen LogP contribution in [0.3, 0.4) is 0 Å². The summed E-state index contributed by atoms with van der Waals surface area (Å²) in [5.41, 5.74) is -0.809. The number of rotatable bonds is 6. The zero-order valence-electron chi connectivity index (χ0n) is 16.7. The van der Waals surface area contributed by atoms with Gasteiger partial charge in [-0.15, -0.1) is 0 Å².